The molecule has 3 rings (SSSR count). The molecule has 1 fully saturated rings. The average molecular weight is 279 g/mol. The van der Waals surface area contributed by atoms with Gasteiger partial charge in [0.15, 0.2) is 0 Å². The molecule has 20 heavy (non-hydrogen) atoms. The number of carboxylic acid groups (broad SMARTS) is 1. The van der Waals surface area contributed by atoms with Crippen molar-refractivity contribution in [1.82, 2.24) is 0 Å². The SMILES string of the molecule is CC1CN(C(=O)C2CC2C(=O)O)c2ccc(F)cc2O1. The molecule has 0 radical (unpaired) electrons. The van der Waals surface area contributed by atoms with Crippen molar-refractivity contribution in [3.05, 3.63) is 24.0 Å². The molecule has 1 N–H and O–H groups in total. The zero-order valence-electron chi connectivity index (χ0n) is 10.9. The van der Waals surface area contributed by atoms with Crippen molar-refractivity contribution in [3.8, 4) is 5.75 Å². The Morgan fingerprint density at radius 2 is 2.15 bits per heavy atom. The smallest absolute Gasteiger partial charge is 0.307 e. The number of hydrogen-bond acceptors (Lipinski definition) is 3. The second-order valence-corrected chi connectivity index (χ2v) is 5.28. The third-order valence-corrected chi connectivity index (χ3v) is 3.67. The molecule has 1 heterocycles. The summed E-state index contributed by atoms with van der Waals surface area (Å²) >= 11 is 0. The summed E-state index contributed by atoms with van der Waals surface area (Å²) in [5.74, 6) is -2.34. The van der Waals surface area contributed by atoms with E-state index < -0.39 is 23.6 Å². The van der Waals surface area contributed by atoms with Crippen LogP contribution in [0.3, 0.4) is 0 Å². The van der Waals surface area contributed by atoms with E-state index in [1.54, 1.807) is 6.92 Å². The van der Waals surface area contributed by atoms with E-state index in [0.29, 0.717) is 24.4 Å². The Hall–Kier alpha value is -2.11. The quantitative estimate of drug-likeness (QED) is 0.894. The molecule has 0 aromatic heterocycles. The van der Waals surface area contributed by atoms with Gasteiger partial charge in [-0.3, -0.25) is 9.59 Å². The van der Waals surface area contributed by atoms with E-state index in [1.807, 2.05) is 0 Å². The number of aliphatic carboxylic acids is 1. The molecular formula is C14H14FNO4. The summed E-state index contributed by atoms with van der Waals surface area (Å²) in [6.07, 6.45) is 0.117. The topological polar surface area (TPSA) is 66.8 Å². The molecule has 1 aliphatic heterocycles. The van der Waals surface area contributed by atoms with Crippen molar-refractivity contribution < 1.29 is 23.8 Å². The van der Waals surface area contributed by atoms with Crippen LogP contribution >= 0.6 is 0 Å². The molecule has 3 atom stereocenters. The average Bonchev–Trinajstić information content (AvgIpc) is 3.16. The van der Waals surface area contributed by atoms with Crippen molar-refractivity contribution in [1.29, 1.82) is 0 Å². The first-order valence-corrected chi connectivity index (χ1v) is 6.47. The van der Waals surface area contributed by atoms with Gasteiger partial charge in [-0.05, 0) is 25.5 Å². The van der Waals surface area contributed by atoms with Crippen molar-refractivity contribution in [2.24, 2.45) is 11.8 Å². The lowest BCUT2D eigenvalue weighted by Gasteiger charge is -2.33. The maximum absolute atomic E-state index is 13.2. The number of rotatable bonds is 2. The summed E-state index contributed by atoms with van der Waals surface area (Å²) in [7, 11) is 0. The second kappa shape index (κ2) is 4.47. The third kappa shape index (κ3) is 2.11. The number of hydrogen-bond donors (Lipinski definition) is 1. The lowest BCUT2D eigenvalue weighted by Crippen LogP contribution is -2.43. The molecule has 2 aliphatic rings. The Bertz CT molecular complexity index is 589. The zero-order valence-corrected chi connectivity index (χ0v) is 10.9. The minimum Gasteiger partial charge on any atom is -0.487 e. The molecule has 106 valence electrons. The fourth-order valence-electron chi connectivity index (χ4n) is 2.56. The fraction of sp³-hybridized carbons (Fsp3) is 0.429. The summed E-state index contributed by atoms with van der Waals surface area (Å²) < 4.78 is 18.7. The lowest BCUT2D eigenvalue weighted by molar-refractivity contribution is -0.140. The van der Waals surface area contributed by atoms with Gasteiger partial charge >= 0.3 is 5.97 Å². The van der Waals surface area contributed by atoms with E-state index in [9.17, 15) is 14.0 Å². The summed E-state index contributed by atoms with van der Waals surface area (Å²) in [4.78, 5) is 24.8. The lowest BCUT2D eigenvalue weighted by atomic mass is 10.1. The summed E-state index contributed by atoms with van der Waals surface area (Å²) in [5.41, 5.74) is 0.505. The maximum atomic E-state index is 13.2. The van der Waals surface area contributed by atoms with E-state index in [4.69, 9.17) is 9.84 Å². The monoisotopic (exact) mass is 279 g/mol. The van der Waals surface area contributed by atoms with Gasteiger partial charge in [0, 0.05) is 6.07 Å². The van der Waals surface area contributed by atoms with Crippen LogP contribution in [0.15, 0.2) is 18.2 Å². The molecule has 5 nitrogen and oxygen atoms in total. The molecule has 1 aromatic carbocycles. The Balaban J connectivity index is 1.88. The highest BCUT2D eigenvalue weighted by molar-refractivity contribution is 6.01. The van der Waals surface area contributed by atoms with Gasteiger partial charge in [0.25, 0.3) is 0 Å². The number of benzene rings is 1. The first kappa shape index (κ1) is 12.9. The highest BCUT2D eigenvalue weighted by Gasteiger charge is 2.50. The largest absolute Gasteiger partial charge is 0.487 e. The Labute approximate surface area is 114 Å². The number of fused-ring (bicyclic) bond motifs is 1. The second-order valence-electron chi connectivity index (χ2n) is 5.28. The summed E-state index contributed by atoms with van der Waals surface area (Å²) in [5, 5.41) is 8.91. The highest BCUT2D eigenvalue weighted by atomic mass is 19.1. The Kier molecular flexibility index (Phi) is 2.88. The van der Waals surface area contributed by atoms with E-state index in [0.717, 1.165) is 0 Å². The van der Waals surface area contributed by atoms with Crippen LogP contribution in [0.25, 0.3) is 0 Å². The third-order valence-electron chi connectivity index (χ3n) is 3.67. The number of halogens is 1. The molecule has 0 bridgehead atoms. The van der Waals surface area contributed by atoms with Crippen LogP contribution in [0.5, 0.6) is 5.75 Å². The van der Waals surface area contributed by atoms with Crippen LogP contribution in [0.2, 0.25) is 0 Å². The van der Waals surface area contributed by atoms with E-state index in [2.05, 4.69) is 0 Å². The molecule has 1 aliphatic carbocycles. The van der Waals surface area contributed by atoms with Gasteiger partial charge in [-0.25, -0.2) is 4.39 Å². The zero-order chi connectivity index (χ0) is 14.4. The summed E-state index contributed by atoms with van der Waals surface area (Å²) in [6.45, 7) is 2.13. The van der Waals surface area contributed by atoms with Crippen LogP contribution in [0.1, 0.15) is 13.3 Å². The minimum atomic E-state index is -0.941. The molecule has 0 saturated heterocycles. The van der Waals surface area contributed by atoms with Crippen LogP contribution < -0.4 is 9.64 Å². The number of anilines is 1. The van der Waals surface area contributed by atoms with Crippen LogP contribution in [-0.2, 0) is 9.59 Å². The number of carbonyl (C=O) groups excluding carboxylic acids is 1. The molecule has 1 saturated carbocycles. The molecule has 1 aromatic rings. The number of carboxylic acids is 1. The Morgan fingerprint density at radius 1 is 1.40 bits per heavy atom. The van der Waals surface area contributed by atoms with Gasteiger partial charge in [-0.2, -0.15) is 0 Å². The summed E-state index contributed by atoms with van der Waals surface area (Å²) in [6, 6.07) is 4.00. The number of carbonyl (C=O) groups is 2. The van der Waals surface area contributed by atoms with Crippen LogP contribution in [0, 0.1) is 17.7 Å². The van der Waals surface area contributed by atoms with Gasteiger partial charge in [0.2, 0.25) is 5.91 Å². The van der Waals surface area contributed by atoms with Crippen molar-refractivity contribution >= 4 is 17.6 Å². The van der Waals surface area contributed by atoms with E-state index in [-0.39, 0.29) is 12.0 Å². The first-order chi connectivity index (χ1) is 9.47. The van der Waals surface area contributed by atoms with E-state index in [1.165, 1.54) is 23.1 Å². The number of ether oxygens (including phenoxy) is 1. The van der Waals surface area contributed by atoms with Crippen molar-refractivity contribution in [3.63, 3.8) is 0 Å². The first-order valence-electron chi connectivity index (χ1n) is 6.47. The fourth-order valence-corrected chi connectivity index (χ4v) is 2.56. The van der Waals surface area contributed by atoms with Crippen molar-refractivity contribution in [2.45, 2.75) is 19.4 Å². The normalized spacial score (nSPS) is 27.5. The predicted molar refractivity (Wildman–Crippen MR) is 68.1 cm³/mol. The highest BCUT2D eigenvalue weighted by Crippen LogP contribution is 2.43. The minimum absolute atomic E-state index is 0.222. The predicted octanol–water partition coefficient (Wildman–Crippen LogP) is 1.66. The maximum Gasteiger partial charge on any atom is 0.307 e. The number of nitrogens with zero attached hydrogens (tertiary/aromatic N) is 1. The molecule has 3 unspecified atom stereocenters. The molecular weight excluding hydrogens is 265 g/mol. The van der Waals surface area contributed by atoms with Gasteiger partial charge < -0.3 is 14.7 Å². The van der Waals surface area contributed by atoms with Crippen LogP contribution in [0.4, 0.5) is 10.1 Å². The van der Waals surface area contributed by atoms with Gasteiger partial charge in [0.05, 0.1) is 24.1 Å². The molecule has 0 spiro atoms. The van der Waals surface area contributed by atoms with Crippen molar-refractivity contribution in [2.75, 3.05) is 11.4 Å². The Morgan fingerprint density at radius 3 is 2.80 bits per heavy atom. The molecule has 1 amide bonds. The van der Waals surface area contributed by atoms with Gasteiger partial charge in [-0.1, -0.05) is 0 Å². The standard InChI is InChI=1S/C14H14FNO4/c1-7-6-16(13(17)9-5-10(9)14(18)19)11-3-2-8(15)4-12(11)20-7/h2-4,7,9-10H,5-6H2,1H3,(H,18,19). The van der Waals surface area contributed by atoms with E-state index >= 15 is 0 Å². The van der Waals surface area contributed by atoms with Crippen LogP contribution in [-0.4, -0.2) is 29.6 Å². The van der Waals surface area contributed by atoms with Gasteiger partial charge in [0.1, 0.15) is 17.7 Å². The molecule has 6 heteroatoms. The van der Waals surface area contributed by atoms with Gasteiger partial charge in [-0.15, -0.1) is 0 Å². The number of amides is 1.